The van der Waals surface area contributed by atoms with Crippen LogP contribution in [0.4, 0.5) is 11.4 Å². The standard InChI is InChI=1S/C15H21N3O3/c1-5-21-10-8-11-13(12(9-10)18(19)20)17(4)14-15(11,2)6-7-16(14)3/h8-9,14H,5-7H2,1-4H3/t14-,15+/m1/s1. The van der Waals surface area contributed by atoms with E-state index in [9.17, 15) is 10.1 Å². The zero-order valence-electron chi connectivity index (χ0n) is 12.9. The largest absolute Gasteiger partial charge is 0.494 e. The van der Waals surface area contributed by atoms with Crippen LogP contribution < -0.4 is 9.64 Å². The highest BCUT2D eigenvalue weighted by Gasteiger charge is 2.54. The van der Waals surface area contributed by atoms with Gasteiger partial charge >= 0.3 is 0 Å². The molecule has 21 heavy (non-hydrogen) atoms. The van der Waals surface area contributed by atoms with Gasteiger partial charge < -0.3 is 9.64 Å². The molecule has 0 aromatic heterocycles. The summed E-state index contributed by atoms with van der Waals surface area (Å²) in [4.78, 5) is 15.5. The quantitative estimate of drug-likeness (QED) is 0.632. The molecule has 1 aromatic rings. The van der Waals surface area contributed by atoms with Gasteiger partial charge in [0.05, 0.1) is 23.8 Å². The molecule has 0 amide bonds. The van der Waals surface area contributed by atoms with E-state index in [1.807, 2.05) is 20.0 Å². The summed E-state index contributed by atoms with van der Waals surface area (Å²) in [6.45, 7) is 5.59. The van der Waals surface area contributed by atoms with Crippen LogP contribution in [0.25, 0.3) is 0 Å². The fraction of sp³-hybridized carbons (Fsp3) is 0.600. The van der Waals surface area contributed by atoms with E-state index in [-0.39, 0.29) is 22.2 Å². The Morgan fingerprint density at radius 3 is 2.81 bits per heavy atom. The van der Waals surface area contributed by atoms with Crippen LogP contribution >= 0.6 is 0 Å². The number of nitro groups is 1. The van der Waals surface area contributed by atoms with E-state index in [4.69, 9.17) is 4.74 Å². The number of likely N-dealkylation sites (N-methyl/N-ethyl adjacent to an activating group) is 2. The second-order valence-corrected chi connectivity index (χ2v) is 6.16. The Morgan fingerprint density at radius 2 is 2.19 bits per heavy atom. The van der Waals surface area contributed by atoms with Crippen LogP contribution in [0.3, 0.4) is 0 Å². The Morgan fingerprint density at radius 1 is 1.48 bits per heavy atom. The SMILES string of the molecule is CCOc1cc([N+](=O)[O-])c2c(c1)[C@]1(C)CCN(C)[C@@H]1N2C. The molecule has 2 atom stereocenters. The Labute approximate surface area is 124 Å². The maximum Gasteiger partial charge on any atom is 0.296 e. The van der Waals surface area contributed by atoms with Crippen LogP contribution in [-0.2, 0) is 5.41 Å². The molecule has 1 fully saturated rings. The molecule has 114 valence electrons. The maximum absolute atomic E-state index is 11.5. The zero-order chi connectivity index (χ0) is 15.4. The zero-order valence-corrected chi connectivity index (χ0v) is 12.9. The van der Waals surface area contributed by atoms with E-state index in [1.54, 1.807) is 6.07 Å². The van der Waals surface area contributed by atoms with Crippen molar-refractivity contribution >= 4 is 11.4 Å². The van der Waals surface area contributed by atoms with Crippen LogP contribution in [0, 0.1) is 10.1 Å². The molecule has 0 spiro atoms. The van der Waals surface area contributed by atoms with Gasteiger partial charge in [-0.05, 0) is 32.0 Å². The number of nitro benzene ring substituents is 1. The molecule has 0 saturated carbocycles. The van der Waals surface area contributed by atoms with E-state index in [0.29, 0.717) is 12.4 Å². The molecule has 1 aromatic carbocycles. The van der Waals surface area contributed by atoms with Crippen molar-refractivity contribution in [1.29, 1.82) is 0 Å². The fourth-order valence-electron chi connectivity index (χ4n) is 4.05. The van der Waals surface area contributed by atoms with Gasteiger partial charge in [-0.25, -0.2) is 0 Å². The first kappa shape index (κ1) is 14.1. The molecule has 3 rings (SSSR count). The van der Waals surface area contributed by atoms with Gasteiger partial charge in [-0.1, -0.05) is 6.92 Å². The molecule has 0 unspecified atom stereocenters. The average Bonchev–Trinajstić information content (AvgIpc) is 2.84. The van der Waals surface area contributed by atoms with E-state index in [2.05, 4.69) is 23.8 Å². The first-order valence-corrected chi connectivity index (χ1v) is 7.29. The third-order valence-corrected chi connectivity index (χ3v) is 4.88. The predicted molar refractivity (Wildman–Crippen MR) is 81.1 cm³/mol. The summed E-state index contributed by atoms with van der Waals surface area (Å²) in [6, 6.07) is 3.53. The van der Waals surface area contributed by atoms with Crippen LogP contribution in [0.1, 0.15) is 25.8 Å². The lowest BCUT2D eigenvalue weighted by Crippen LogP contribution is -2.45. The number of hydrogen-bond donors (Lipinski definition) is 0. The average molecular weight is 291 g/mol. The van der Waals surface area contributed by atoms with Crippen molar-refractivity contribution < 1.29 is 9.66 Å². The number of benzene rings is 1. The van der Waals surface area contributed by atoms with Crippen molar-refractivity contribution in [3.63, 3.8) is 0 Å². The van der Waals surface area contributed by atoms with E-state index >= 15 is 0 Å². The first-order chi connectivity index (χ1) is 9.90. The number of ether oxygens (including phenoxy) is 1. The second kappa shape index (κ2) is 4.59. The van der Waals surface area contributed by atoms with E-state index in [0.717, 1.165) is 24.2 Å². The minimum absolute atomic E-state index is 0.0866. The Hall–Kier alpha value is -1.82. The van der Waals surface area contributed by atoms with Gasteiger partial charge in [0.25, 0.3) is 5.69 Å². The lowest BCUT2D eigenvalue weighted by molar-refractivity contribution is -0.384. The third kappa shape index (κ3) is 1.82. The van der Waals surface area contributed by atoms with Gasteiger partial charge in [-0.15, -0.1) is 0 Å². The minimum Gasteiger partial charge on any atom is -0.494 e. The summed E-state index contributed by atoms with van der Waals surface area (Å²) < 4.78 is 5.54. The molecule has 6 nitrogen and oxygen atoms in total. The van der Waals surface area contributed by atoms with Crippen LogP contribution in [0.2, 0.25) is 0 Å². The smallest absolute Gasteiger partial charge is 0.296 e. The van der Waals surface area contributed by atoms with Gasteiger partial charge in [0.15, 0.2) is 0 Å². The summed E-state index contributed by atoms with van der Waals surface area (Å²) in [5, 5.41) is 11.5. The van der Waals surface area contributed by atoms with Crippen molar-refractivity contribution in [1.82, 2.24) is 4.90 Å². The molecule has 6 heteroatoms. The van der Waals surface area contributed by atoms with Crippen molar-refractivity contribution in [3.8, 4) is 5.75 Å². The summed E-state index contributed by atoms with van der Waals surface area (Å²) in [6.07, 6.45) is 1.17. The molecule has 2 aliphatic heterocycles. The van der Waals surface area contributed by atoms with Crippen LogP contribution in [0.15, 0.2) is 12.1 Å². The van der Waals surface area contributed by atoms with Gasteiger partial charge in [-0.3, -0.25) is 15.0 Å². The third-order valence-electron chi connectivity index (χ3n) is 4.88. The molecule has 2 heterocycles. The van der Waals surface area contributed by atoms with E-state index in [1.165, 1.54) is 0 Å². The van der Waals surface area contributed by atoms with Gasteiger partial charge in [-0.2, -0.15) is 0 Å². The van der Waals surface area contributed by atoms with Crippen molar-refractivity contribution in [2.24, 2.45) is 0 Å². The Bertz CT molecular complexity index is 604. The predicted octanol–water partition coefficient (Wildman–Crippen LogP) is 2.36. The number of nitrogens with zero attached hydrogens (tertiary/aromatic N) is 3. The Balaban J connectivity index is 2.22. The molecule has 0 radical (unpaired) electrons. The molecular weight excluding hydrogens is 270 g/mol. The fourth-order valence-corrected chi connectivity index (χ4v) is 4.05. The number of rotatable bonds is 3. The molecule has 0 bridgehead atoms. The van der Waals surface area contributed by atoms with Crippen LogP contribution in [0.5, 0.6) is 5.75 Å². The number of fused-ring (bicyclic) bond motifs is 3. The minimum atomic E-state index is -0.303. The maximum atomic E-state index is 11.5. The summed E-state index contributed by atoms with van der Waals surface area (Å²) in [7, 11) is 4.03. The van der Waals surface area contributed by atoms with Crippen molar-refractivity contribution in [3.05, 3.63) is 27.8 Å². The van der Waals surface area contributed by atoms with E-state index < -0.39 is 0 Å². The molecular formula is C15H21N3O3. The lowest BCUT2D eigenvalue weighted by Gasteiger charge is -2.32. The summed E-state index contributed by atoms with van der Waals surface area (Å²) in [5.41, 5.74) is 1.83. The number of anilines is 1. The van der Waals surface area contributed by atoms with Crippen molar-refractivity contribution in [2.75, 3.05) is 32.1 Å². The topological polar surface area (TPSA) is 58.9 Å². The highest BCUT2D eigenvalue weighted by molar-refractivity contribution is 5.76. The monoisotopic (exact) mass is 291 g/mol. The normalized spacial score (nSPS) is 27.6. The molecule has 0 N–H and O–H groups in total. The Kier molecular flexibility index (Phi) is 3.09. The van der Waals surface area contributed by atoms with Crippen molar-refractivity contribution in [2.45, 2.75) is 31.8 Å². The van der Waals surface area contributed by atoms with Crippen LogP contribution in [-0.4, -0.2) is 43.2 Å². The molecule has 0 aliphatic carbocycles. The highest BCUT2D eigenvalue weighted by Crippen LogP contribution is 2.55. The number of hydrogen-bond acceptors (Lipinski definition) is 5. The van der Waals surface area contributed by atoms with Gasteiger partial charge in [0.2, 0.25) is 0 Å². The molecule has 2 aliphatic rings. The summed E-state index contributed by atoms with van der Waals surface area (Å²) in [5.74, 6) is 0.591. The first-order valence-electron chi connectivity index (χ1n) is 7.29. The van der Waals surface area contributed by atoms with Gasteiger partial charge in [0, 0.05) is 19.0 Å². The lowest BCUT2D eigenvalue weighted by atomic mass is 9.81. The number of likely N-dealkylation sites (tertiary alicyclic amines) is 1. The van der Waals surface area contributed by atoms with Gasteiger partial charge in [0.1, 0.15) is 11.4 Å². The highest BCUT2D eigenvalue weighted by atomic mass is 16.6. The summed E-state index contributed by atoms with van der Waals surface area (Å²) >= 11 is 0. The second-order valence-electron chi connectivity index (χ2n) is 6.16. The molecule has 1 saturated heterocycles.